The lowest BCUT2D eigenvalue weighted by Crippen LogP contribution is -2.57. The molecule has 0 aliphatic heterocycles. The Morgan fingerprint density at radius 3 is 0.962 bits per heavy atom. The van der Waals surface area contributed by atoms with Crippen molar-refractivity contribution >= 4 is 50.6 Å². The molecule has 12 heteroatoms. The highest BCUT2D eigenvalue weighted by Gasteiger charge is 2.56. The fraction of sp³-hybridized carbons (Fsp3) is 0.394. The van der Waals surface area contributed by atoms with Gasteiger partial charge in [0.05, 0.1) is 43.9 Å². The number of esters is 3. The predicted molar refractivity (Wildman–Crippen MR) is 425 cm³/mol. The van der Waals surface area contributed by atoms with Crippen LogP contribution < -0.4 is 14.2 Å². The molecule has 9 aliphatic carbocycles. The number of carbonyl (C=O) groups excluding carboxylic acids is 3. The normalized spacial score (nSPS) is 23.4. The molecule has 0 heterocycles. The molecule has 106 heavy (non-hydrogen) atoms. The Kier molecular flexibility index (Phi) is 23.9. The Morgan fingerprint density at radius 2 is 0.651 bits per heavy atom. The molecule has 550 valence electrons. The van der Waals surface area contributed by atoms with Gasteiger partial charge in [-0.1, -0.05) is 129 Å². The van der Waals surface area contributed by atoms with E-state index in [4.69, 9.17) is 28.4 Å². The smallest absolute Gasteiger partial charge is 0.344 e. The van der Waals surface area contributed by atoms with Gasteiger partial charge in [-0.3, -0.25) is 0 Å². The first-order chi connectivity index (χ1) is 51.5. The highest BCUT2D eigenvalue weighted by molar-refractivity contribution is 7.97. The van der Waals surface area contributed by atoms with E-state index >= 15 is 0 Å². The lowest BCUT2D eigenvalue weighted by molar-refractivity contribution is -0.199. The van der Waals surface area contributed by atoms with Crippen LogP contribution in [0, 0.1) is 88.9 Å². The van der Waals surface area contributed by atoms with Crippen LogP contribution in [0.15, 0.2) is 262 Å². The molecule has 0 unspecified atom stereocenters. The van der Waals surface area contributed by atoms with Gasteiger partial charge in [-0.15, -0.1) is 0 Å². The molecule has 0 amide bonds. The van der Waals surface area contributed by atoms with E-state index in [0.29, 0.717) is 35.2 Å². The Balaban J connectivity index is 0.000000134. The molecular formula is C94H105O9S3+3. The zero-order chi connectivity index (χ0) is 73.5. The minimum atomic E-state index is -0.321. The molecule has 18 rings (SSSR count). The van der Waals surface area contributed by atoms with E-state index in [2.05, 4.69) is 234 Å². The predicted octanol–water partition coefficient (Wildman–Crippen LogP) is 21.7. The van der Waals surface area contributed by atoms with Gasteiger partial charge in [0, 0.05) is 36.4 Å². The van der Waals surface area contributed by atoms with Crippen LogP contribution in [-0.4, -0.2) is 55.0 Å². The van der Waals surface area contributed by atoms with Crippen LogP contribution in [0.3, 0.4) is 0 Å². The molecule has 9 aromatic rings. The molecular weight excluding hydrogens is 1370 g/mol. The first-order valence-corrected chi connectivity index (χ1v) is 42.5. The zero-order valence-corrected chi connectivity index (χ0v) is 65.6. The molecule has 0 atom stereocenters. The summed E-state index contributed by atoms with van der Waals surface area (Å²) in [6.07, 6.45) is 18.3. The molecule has 9 nitrogen and oxygen atoms in total. The summed E-state index contributed by atoms with van der Waals surface area (Å²) in [5, 5.41) is 0. The lowest BCUT2D eigenvalue weighted by Gasteiger charge is -2.59. The molecule has 0 aromatic heterocycles. The maximum absolute atomic E-state index is 13.0. The van der Waals surface area contributed by atoms with Crippen LogP contribution in [0.25, 0.3) is 0 Å². The fourth-order valence-corrected chi connectivity index (χ4v) is 26.1. The van der Waals surface area contributed by atoms with E-state index in [1.807, 2.05) is 39.8 Å². The van der Waals surface area contributed by atoms with Gasteiger partial charge in [-0.25, -0.2) is 14.4 Å². The summed E-state index contributed by atoms with van der Waals surface area (Å²) in [5.41, 5.74) is 5.67. The van der Waals surface area contributed by atoms with E-state index in [-0.39, 0.29) is 87.7 Å². The van der Waals surface area contributed by atoms with Crippen molar-refractivity contribution in [2.75, 3.05) is 19.8 Å². The Labute approximate surface area is 638 Å². The maximum Gasteiger partial charge on any atom is 0.344 e. The molecule has 9 fully saturated rings. The number of benzene rings is 9. The summed E-state index contributed by atoms with van der Waals surface area (Å²) in [6.45, 7) is 16.7. The quantitative estimate of drug-likeness (QED) is 0.0372. The summed E-state index contributed by atoms with van der Waals surface area (Å²) in [5.74, 6) is 7.11. The van der Waals surface area contributed by atoms with Gasteiger partial charge in [0.2, 0.25) is 0 Å². The molecule has 9 aliphatic rings. The summed E-state index contributed by atoms with van der Waals surface area (Å²) < 4.78 is 36.4. The minimum absolute atomic E-state index is 0.00682. The number of hydrogen-bond acceptors (Lipinski definition) is 9. The summed E-state index contributed by atoms with van der Waals surface area (Å²) in [7, 11) is -0.680. The number of aryl methyl sites for hydroxylation is 6. The van der Waals surface area contributed by atoms with Gasteiger partial charge in [0.1, 0.15) is 36.6 Å². The third kappa shape index (κ3) is 17.2. The van der Waals surface area contributed by atoms with Crippen LogP contribution in [0.2, 0.25) is 0 Å². The SMILES string of the molecule is CCC1(OCC(=O)Oc2c(C)cc([S+](c3ccccc3)c3ccccc3)cc2C)CCCC1.Cc1cc([S+](c2ccccc2)c2ccccc2)cc(C)c1OC(=O)COC1(C)C2CC3CC(C2)CC1C3.Cc1cc([S+](c2ccccc2)c2ccccc2)cc(C)c1OCC(=O)OC1C2CC3CC(C2)CC1C3. The largest absolute Gasteiger partial charge is 0.481 e. The number of ether oxygens (including phenoxy) is 6. The van der Waals surface area contributed by atoms with Gasteiger partial charge < -0.3 is 28.4 Å². The van der Waals surface area contributed by atoms with Gasteiger partial charge in [-0.2, -0.15) is 0 Å². The second kappa shape index (κ2) is 33.7. The second-order valence-electron chi connectivity index (χ2n) is 31.4. The van der Waals surface area contributed by atoms with Gasteiger partial charge in [0.15, 0.2) is 50.7 Å². The second-order valence-corrected chi connectivity index (χ2v) is 37.5. The van der Waals surface area contributed by atoms with E-state index in [0.717, 1.165) is 82.1 Å². The summed E-state index contributed by atoms with van der Waals surface area (Å²) in [4.78, 5) is 49.8. The maximum atomic E-state index is 13.0. The van der Waals surface area contributed by atoms with E-state index in [1.54, 1.807) is 0 Å². The Bertz CT molecular complexity index is 4230. The first-order valence-electron chi connectivity index (χ1n) is 38.8. The number of rotatable bonds is 22. The van der Waals surface area contributed by atoms with Gasteiger partial charge in [-0.05, 0) is 285 Å². The zero-order valence-electron chi connectivity index (χ0n) is 63.1. The van der Waals surface area contributed by atoms with Crippen molar-refractivity contribution in [2.45, 2.75) is 213 Å². The number of carbonyl (C=O) groups is 3. The third-order valence-electron chi connectivity index (χ3n) is 24.0. The summed E-state index contributed by atoms with van der Waals surface area (Å²) >= 11 is 0. The van der Waals surface area contributed by atoms with Gasteiger partial charge >= 0.3 is 17.9 Å². The van der Waals surface area contributed by atoms with Crippen molar-refractivity contribution in [1.82, 2.24) is 0 Å². The average molecular weight is 1480 g/mol. The molecule has 9 saturated carbocycles. The number of hydrogen-bond donors (Lipinski definition) is 0. The molecule has 0 spiro atoms. The molecule has 8 bridgehead atoms. The van der Waals surface area contributed by atoms with Crippen molar-refractivity contribution in [3.63, 3.8) is 0 Å². The monoisotopic (exact) mass is 1470 g/mol. The van der Waals surface area contributed by atoms with Crippen LogP contribution in [-0.2, 0) is 61.3 Å². The van der Waals surface area contributed by atoms with Crippen LogP contribution in [0.1, 0.15) is 144 Å². The van der Waals surface area contributed by atoms with E-state index in [9.17, 15) is 14.4 Å². The molecule has 0 radical (unpaired) electrons. The molecule has 0 N–H and O–H groups in total. The molecule has 9 aromatic carbocycles. The molecule has 0 saturated heterocycles. The standard InChI is InChI=1S/C33H37O3S.C32H35O3S.C29H33O3S/c1-22-14-30(37(28-10-6-4-7-11-28)29-12-8-5-9-13-29)15-23(2)32(22)36-31(34)21-35-33(3)26-17-24-16-25(19-26)20-27(33)18-24;1-21-13-29(36(27-9-5-3-6-10-27)28-11-7-4-8-12-28)14-22(2)31(21)34-20-30(33)35-32-25-16-23-15-24(18-25)19-26(32)17-23;1-4-29(17-11-12-18-29)31-21-27(30)32-28-22(2)19-26(20-23(28)3)33(24-13-7-5-8-14-24)25-15-9-6-10-16-25/h4-15,24-27H,16-21H2,1-3H3;3-14,23-26,32H,15-20H2,1-2H3;5-10,13-16,19-20H,4,11-12,17-18,21H2,1-3H3/q3*+1. The van der Waals surface area contributed by atoms with Crippen molar-refractivity contribution in [3.8, 4) is 17.2 Å². The van der Waals surface area contributed by atoms with Gasteiger partial charge in [0.25, 0.3) is 0 Å². The summed E-state index contributed by atoms with van der Waals surface area (Å²) in [6, 6.07) is 76.8. The van der Waals surface area contributed by atoms with E-state index < -0.39 is 0 Å². The van der Waals surface area contributed by atoms with Crippen LogP contribution in [0.5, 0.6) is 17.2 Å². The van der Waals surface area contributed by atoms with Crippen molar-refractivity contribution in [3.05, 3.63) is 252 Å². The highest BCUT2D eigenvalue weighted by atomic mass is 32.2. The van der Waals surface area contributed by atoms with Crippen molar-refractivity contribution in [2.24, 2.45) is 47.3 Å². The fourth-order valence-electron chi connectivity index (χ4n) is 19.3. The minimum Gasteiger partial charge on any atom is -0.481 e. The van der Waals surface area contributed by atoms with Crippen molar-refractivity contribution in [1.29, 1.82) is 0 Å². The average Bonchev–Trinajstić information content (AvgIpc) is 0.860. The van der Waals surface area contributed by atoms with E-state index in [1.165, 1.54) is 121 Å². The lowest BCUT2D eigenvalue weighted by atomic mass is 9.50. The topological polar surface area (TPSA) is 107 Å². The Morgan fingerprint density at radius 1 is 0.358 bits per heavy atom. The highest BCUT2D eigenvalue weighted by Crippen LogP contribution is 2.60. The van der Waals surface area contributed by atoms with Crippen molar-refractivity contribution < 1.29 is 42.8 Å². The van der Waals surface area contributed by atoms with Crippen LogP contribution in [0.4, 0.5) is 0 Å². The first kappa shape index (κ1) is 75.0. The van der Waals surface area contributed by atoms with Crippen LogP contribution >= 0.6 is 0 Å². The Hall–Kier alpha value is -7.84. The third-order valence-corrected chi connectivity index (χ3v) is 30.6.